The third-order valence-corrected chi connectivity index (χ3v) is 3.19. The maximum absolute atomic E-state index is 12.2. The van der Waals surface area contributed by atoms with Crippen LogP contribution in [0.1, 0.15) is 15.9 Å². The molecule has 0 amide bonds. The monoisotopic (exact) mass is 268 g/mol. The van der Waals surface area contributed by atoms with Crippen LogP contribution in [0.2, 0.25) is 0 Å². The van der Waals surface area contributed by atoms with Crippen LogP contribution < -0.4 is 0 Å². The largest absolute Gasteiger partial charge is 0.508 e. The first-order valence-electron chi connectivity index (χ1n) is 6.15. The lowest BCUT2D eigenvalue weighted by Crippen LogP contribution is -2.03. The molecule has 3 aromatic rings. The molecule has 100 valence electrons. The molecule has 1 aromatic heterocycles. The number of benzene rings is 2. The number of rotatable bonds is 3. The summed E-state index contributed by atoms with van der Waals surface area (Å²) in [5.41, 5.74) is 1.69. The summed E-state index contributed by atoms with van der Waals surface area (Å²) in [6.07, 6.45) is 1.69. The molecule has 0 atom stereocenters. The zero-order chi connectivity index (χ0) is 14.1. The minimum atomic E-state index is -0.228. The molecule has 0 unspecified atom stereocenters. The van der Waals surface area contributed by atoms with Gasteiger partial charge in [-0.15, -0.1) is 0 Å². The van der Waals surface area contributed by atoms with E-state index >= 15 is 0 Å². The highest BCUT2D eigenvalue weighted by Gasteiger charge is 2.15. The molecule has 0 bridgehead atoms. The molecule has 2 N–H and O–H groups in total. The molecule has 4 heteroatoms. The van der Waals surface area contributed by atoms with Crippen LogP contribution in [-0.4, -0.2) is 16.0 Å². The number of phenols is 2. The molecule has 3 rings (SSSR count). The average Bonchev–Trinajstić information content (AvgIpc) is 2.82. The molecule has 20 heavy (non-hydrogen) atoms. The van der Waals surface area contributed by atoms with Crippen LogP contribution in [0.4, 0.5) is 0 Å². The fraction of sp³-hybridized carbons (Fsp3) is 0.0625. The first-order chi connectivity index (χ1) is 9.65. The highest BCUT2D eigenvalue weighted by atomic mass is 16.3. The number of carbonyl (C=O) groups is 1. The Balaban J connectivity index is 1.92. The Hall–Kier alpha value is -2.75. The van der Waals surface area contributed by atoms with E-state index in [2.05, 4.69) is 0 Å². The van der Waals surface area contributed by atoms with Crippen LogP contribution in [0.5, 0.6) is 11.5 Å². The Bertz CT molecular complexity index is 786. The third-order valence-electron chi connectivity index (χ3n) is 3.19. The number of aromatic hydroxyl groups is 2. The van der Waals surface area contributed by atoms with Gasteiger partial charge in [-0.25, -0.2) is 0 Å². The normalized spacial score (nSPS) is 10.8. The lowest BCUT2D eigenvalue weighted by Gasteiger charge is -2.03. The smallest absolute Gasteiger partial charge is 0.171 e. The van der Waals surface area contributed by atoms with E-state index in [1.807, 2.05) is 24.3 Å². The van der Waals surface area contributed by atoms with Gasteiger partial charge in [0.25, 0.3) is 0 Å². The van der Waals surface area contributed by atoms with Gasteiger partial charge in [0.05, 0.1) is 11.8 Å². The zero-order valence-electron chi connectivity index (χ0n) is 10.5. The van der Waals surface area contributed by atoms with Gasteiger partial charge >= 0.3 is 0 Å². The maximum atomic E-state index is 12.2. The second kappa shape index (κ2) is 4.74. The Kier molecular flexibility index (Phi) is 2.91. The second-order valence-corrected chi connectivity index (χ2v) is 4.56. The van der Waals surface area contributed by atoms with Gasteiger partial charge in [0.15, 0.2) is 5.78 Å². The SMILES string of the molecule is O=C(Cc1coc2ccccc12)c1ccc(O)cc1O. The molecule has 1 heterocycles. The minimum Gasteiger partial charge on any atom is -0.508 e. The first kappa shape index (κ1) is 12.3. The van der Waals surface area contributed by atoms with Crippen molar-refractivity contribution in [1.29, 1.82) is 0 Å². The molecule has 0 aliphatic carbocycles. The predicted octanol–water partition coefficient (Wildman–Crippen LogP) is 3.27. The summed E-state index contributed by atoms with van der Waals surface area (Å²) in [5, 5.41) is 19.8. The molecule has 0 saturated carbocycles. The number of fused-ring (bicyclic) bond motifs is 1. The number of phenolic OH excluding ortho intramolecular Hbond substituents is 2. The quantitative estimate of drug-likeness (QED) is 0.715. The van der Waals surface area contributed by atoms with Gasteiger partial charge in [-0.2, -0.15) is 0 Å². The third kappa shape index (κ3) is 2.12. The molecule has 0 spiro atoms. The van der Waals surface area contributed by atoms with Crippen molar-refractivity contribution < 1.29 is 19.4 Å². The van der Waals surface area contributed by atoms with Crippen LogP contribution in [-0.2, 0) is 6.42 Å². The molecule has 0 radical (unpaired) electrons. The van der Waals surface area contributed by atoms with E-state index in [4.69, 9.17) is 4.42 Å². The second-order valence-electron chi connectivity index (χ2n) is 4.56. The Morgan fingerprint density at radius 1 is 1.10 bits per heavy atom. The van der Waals surface area contributed by atoms with E-state index in [9.17, 15) is 15.0 Å². The number of furan rings is 1. The van der Waals surface area contributed by atoms with E-state index < -0.39 is 0 Å². The summed E-state index contributed by atoms with van der Waals surface area (Å²) < 4.78 is 5.38. The lowest BCUT2D eigenvalue weighted by atomic mass is 10.0. The van der Waals surface area contributed by atoms with Crippen molar-refractivity contribution in [3.05, 3.63) is 59.9 Å². The van der Waals surface area contributed by atoms with Crippen molar-refractivity contribution in [1.82, 2.24) is 0 Å². The number of carbonyl (C=O) groups excluding carboxylic acids is 1. The molecule has 4 nitrogen and oxygen atoms in total. The highest BCUT2D eigenvalue weighted by molar-refractivity contribution is 6.01. The fourth-order valence-corrected chi connectivity index (χ4v) is 2.19. The van der Waals surface area contributed by atoms with Crippen molar-refractivity contribution >= 4 is 16.8 Å². The van der Waals surface area contributed by atoms with E-state index in [0.29, 0.717) is 0 Å². The topological polar surface area (TPSA) is 70.7 Å². The van der Waals surface area contributed by atoms with E-state index in [0.717, 1.165) is 22.6 Å². The van der Waals surface area contributed by atoms with Crippen LogP contribution in [0.3, 0.4) is 0 Å². The number of para-hydroxylation sites is 1. The molecular formula is C16H12O4. The van der Waals surface area contributed by atoms with E-state index in [1.165, 1.54) is 12.1 Å². The van der Waals surface area contributed by atoms with Gasteiger partial charge < -0.3 is 14.6 Å². The van der Waals surface area contributed by atoms with Crippen molar-refractivity contribution in [3.63, 3.8) is 0 Å². The standard InChI is InChI=1S/C16H12O4/c17-11-5-6-13(15(19)8-11)14(18)7-10-9-20-16-4-2-1-3-12(10)16/h1-6,8-9,17,19H,7H2. The van der Waals surface area contributed by atoms with Crippen LogP contribution in [0.15, 0.2) is 53.1 Å². The number of Topliss-reactive ketones (excluding diaryl/α,β-unsaturated/α-hetero) is 1. The summed E-state index contributed by atoms with van der Waals surface area (Å²) in [6.45, 7) is 0. The molecule has 0 saturated heterocycles. The lowest BCUT2D eigenvalue weighted by molar-refractivity contribution is 0.0990. The van der Waals surface area contributed by atoms with E-state index in [-0.39, 0.29) is 29.3 Å². The summed E-state index contributed by atoms with van der Waals surface area (Å²) in [7, 11) is 0. The van der Waals surface area contributed by atoms with Crippen LogP contribution in [0.25, 0.3) is 11.0 Å². The van der Waals surface area contributed by atoms with Gasteiger partial charge in [-0.3, -0.25) is 4.79 Å². The van der Waals surface area contributed by atoms with Crippen molar-refractivity contribution in [2.75, 3.05) is 0 Å². The van der Waals surface area contributed by atoms with Crippen LogP contribution in [0, 0.1) is 0 Å². The molecular weight excluding hydrogens is 256 g/mol. The van der Waals surface area contributed by atoms with Crippen molar-refractivity contribution in [2.24, 2.45) is 0 Å². The summed E-state index contributed by atoms with van der Waals surface area (Å²) in [6, 6.07) is 11.4. The number of hydrogen-bond donors (Lipinski definition) is 2. The van der Waals surface area contributed by atoms with Crippen molar-refractivity contribution in [2.45, 2.75) is 6.42 Å². The Labute approximate surface area is 114 Å². The van der Waals surface area contributed by atoms with Crippen LogP contribution >= 0.6 is 0 Å². The molecule has 0 fully saturated rings. The van der Waals surface area contributed by atoms with Gasteiger partial charge in [-0.05, 0) is 18.2 Å². The molecule has 2 aromatic carbocycles. The maximum Gasteiger partial charge on any atom is 0.171 e. The zero-order valence-corrected chi connectivity index (χ0v) is 10.5. The first-order valence-corrected chi connectivity index (χ1v) is 6.15. The molecule has 0 aliphatic heterocycles. The highest BCUT2D eigenvalue weighted by Crippen LogP contribution is 2.26. The Morgan fingerprint density at radius 3 is 2.70 bits per heavy atom. The predicted molar refractivity (Wildman–Crippen MR) is 74.0 cm³/mol. The van der Waals surface area contributed by atoms with Gasteiger partial charge in [0.1, 0.15) is 17.1 Å². The van der Waals surface area contributed by atoms with Gasteiger partial charge in [-0.1, -0.05) is 18.2 Å². The summed E-state index contributed by atoms with van der Waals surface area (Å²) in [5.74, 6) is -0.523. The summed E-state index contributed by atoms with van der Waals surface area (Å²) in [4.78, 5) is 12.2. The van der Waals surface area contributed by atoms with Gasteiger partial charge in [0, 0.05) is 23.4 Å². The van der Waals surface area contributed by atoms with Gasteiger partial charge in [0.2, 0.25) is 0 Å². The number of ketones is 1. The molecule has 0 aliphatic rings. The fourth-order valence-electron chi connectivity index (χ4n) is 2.19. The summed E-state index contributed by atoms with van der Waals surface area (Å²) >= 11 is 0. The Morgan fingerprint density at radius 2 is 1.90 bits per heavy atom. The average molecular weight is 268 g/mol. The van der Waals surface area contributed by atoms with E-state index in [1.54, 1.807) is 6.26 Å². The van der Waals surface area contributed by atoms with Crippen molar-refractivity contribution in [3.8, 4) is 11.5 Å². The number of hydrogen-bond acceptors (Lipinski definition) is 4. The minimum absolute atomic E-state index is 0.0761.